The van der Waals surface area contributed by atoms with Gasteiger partial charge in [0.1, 0.15) is 0 Å². The van der Waals surface area contributed by atoms with Crippen LogP contribution < -0.4 is 5.73 Å². The molecule has 0 saturated carbocycles. The minimum atomic E-state index is -0.0133. The highest BCUT2D eigenvalue weighted by atomic mass is 16.2. The van der Waals surface area contributed by atoms with Gasteiger partial charge in [-0.2, -0.15) is 0 Å². The Bertz CT molecular complexity index is 460. The number of likely N-dealkylation sites (N-methyl/N-ethyl adjacent to an activating group) is 1. The lowest BCUT2D eigenvalue weighted by Gasteiger charge is -2.38. The summed E-state index contributed by atoms with van der Waals surface area (Å²) in [6.45, 7) is 6.46. The molecule has 0 radical (unpaired) electrons. The van der Waals surface area contributed by atoms with Gasteiger partial charge in [0.15, 0.2) is 0 Å². The quantitative estimate of drug-likeness (QED) is 0.796. The molecule has 2 N–H and O–H groups in total. The highest BCUT2D eigenvalue weighted by Crippen LogP contribution is 2.17. The maximum atomic E-state index is 12.4. The van der Waals surface area contributed by atoms with Crippen LogP contribution in [0.15, 0.2) is 12.3 Å². The van der Waals surface area contributed by atoms with E-state index >= 15 is 0 Å². The first-order chi connectivity index (χ1) is 8.49. The molecule has 0 aliphatic carbocycles. The van der Waals surface area contributed by atoms with E-state index in [2.05, 4.69) is 23.9 Å². The topological polar surface area (TPSA) is 62.5 Å². The standard InChI is InChI=1S/C13H20N4O/c1-9-6-12(14)11(7-15-9)13(18)17-5-4-16(3)8-10(17)2/h6-7,10H,4-5,8H2,1-3H3,(H2,14,15). The second-order valence-electron chi connectivity index (χ2n) is 5.02. The molecule has 1 aliphatic heterocycles. The molecule has 1 saturated heterocycles. The van der Waals surface area contributed by atoms with Crippen molar-refractivity contribution in [1.29, 1.82) is 0 Å². The van der Waals surface area contributed by atoms with Crippen molar-refractivity contribution < 1.29 is 4.79 Å². The van der Waals surface area contributed by atoms with Gasteiger partial charge in [0, 0.05) is 43.3 Å². The molecule has 1 aromatic heterocycles. The molecule has 98 valence electrons. The molecule has 5 heteroatoms. The number of anilines is 1. The molecule has 2 rings (SSSR count). The van der Waals surface area contributed by atoms with Gasteiger partial charge < -0.3 is 15.5 Å². The summed E-state index contributed by atoms with van der Waals surface area (Å²) >= 11 is 0. The Kier molecular flexibility index (Phi) is 3.52. The molecule has 18 heavy (non-hydrogen) atoms. The van der Waals surface area contributed by atoms with E-state index in [1.807, 2.05) is 11.8 Å². The second kappa shape index (κ2) is 4.94. The largest absolute Gasteiger partial charge is 0.398 e. The van der Waals surface area contributed by atoms with Gasteiger partial charge in [-0.25, -0.2) is 0 Å². The Morgan fingerprint density at radius 1 is 1.50 bits per heavy atom. The summed E-state index contributed by atoms with van der Waals surface area (Å²) in [5, 5.41) is 0. The van der Waals surface area contributed by atoms with E-state index in [-0.39, 0.29) is 11.9 Å². The Labute approximate surface area is 108 Å². The number of hydrogen-bond acceptors (Lipinski definition) is 4. The van der Waals surface area contributed by atoms with E-state index in [4.69, 9.17) is 5.73 Å². The summed E-state index contributed by atoms with van der Waals surface area (Å²) in [4.78, 5) is 20.7. The van der Waals surface area contributed by atoms with Crippen molar-refractivity contribution in [2.75, 3.05) is 32.4 Å². The molecule has 2 heterocycles. The Balaban J connectivity index is 2.20. The smallest absolute Gasteiger partial charge is 0.257 e. The van der Waals surface area contributed by atoms with Gasteiger partial charge in [0.25, 0.3) is 5.91 Å². The fourth-order valence-corrected chi connectivity index (χ4v) is 2.36. The van der Waals surface area contributed by atoms with Gasteiger partial charge in [-0.1, -0.05) is 0 Å². The van der Waals surface area contributed by atoms with E-state index < -0.39 is 0 Å². The minimum absolute atomic E-state index is 0.0133. The molecule has 0 spiro atoms. The molecule has 1 unspecified atom stereocenters. The molecule has 0 aromatic carbocycles. The maximum absolute atomic E-state index is 12.4. The molecule has 1 fully saturated rings. The molecule has 5 nitrogen and oxygen atoms in total. The predicted molar refractivity (Wildman–Crippen MR) is 71.4 cm³/mol. The lowest BCUT2D eigenvalue weighted by atomic mass is 10.1. The lowest BCUT2D eigenvalue weighted by molar-refractivity contribution is 0.0534. The number of carbonyl (C=O) groups is 1. The zero-order chi connectivity index (χ0) is 13.3. The highest BCUT2D eigenvalue weighted by molar-refractivity contribution is 5.99. The van der Waals surface area contributed by atoms with Crippen LogP contribution in [0.1, 0.15) is 23.0 Å². The average molecular weight is 248 g/mol. The number of pyridine rings is 1. The van der Waals surface area contributed by atoms with Crippen LogP contribution >= 0.6 is 0 Å². The number of hydrogen-bond donors (Lipinski definition) is 1. The third kappa shape index (κ3) is 2.46. The zero-order valence-electron chi connectivity index (χ0n) is 11.2. The highest BCUT2D eigenvalue weighted by Gasteiger charge is 2.27. The fourth-order valence-electron chi connectivity index (χ4n) is 2.36. The van der Waals surface area contributed by atoms with E-state index in [0.717, 1.165) is 25.3 Å². The summed E-state index contributed by atoms with van der Waals surface area (Å²) < 4.78 is 0. The first kappa shape index (κ1) is 12.8. The summed E-state index contributed by atoms with van der Waals surface area (Å²) in [6, 6.07) is 1.95. The number of aryl methyl sites for hydroxylation is 1. The van der Waals surface area contributed by atoms with Gasteiger partial charge >= 0.3 is 0 Å². The lowest BCUT2D eigenvalue weighted by Crippen LogP contribution is -2.52. The second-order valence-corrected chi connectivity index (χ2v) is 5.02. The summed E-state index contributed by atoms with van der Waals surface area (Å²) in [7, 11) is 2.07. The SMILES string of the molecule is Cc1cc(N)c(C(=O)N2CCN(C)CC2C)cn1. The van der Waals surface area contributed by atoms with Crippen molar-refractivity contribution in [3.63, 3.8) is 0 Å². The number of amides is 1. The van der Waals surface area contributed by atoms with E-state index in [1.165, 1.54) is 0 Å². The molecule has 0 bridgehead atoms. The van der Waals surface area contributed by atoms with Gasteiger partial charge in [0.05, 0.1) is 5.56 Å². The van der Waals surface area contributed by atoms with Crippen molar-refractivity contribution in [3.8, 4) is 0 Å². The number of carbonyl (C=O) groups excluding carboxylic acids is 1. The molecule has 1 aromatic rings. The van der Waals surface area contributed by atoms with Crippen LogP contribution in [-0.4, -0.2) is 53.4 Å². The first-order valence-corrected chi connectivity index (χ1v) is 6.20. The number of piperazine rings is 1. The third-order valence-corrected chi connectivity index (χ3v) is 3.39. The Morgan fingerprint density at radius 2 is 2.22 bits per heavy atom. The van der Waals surface area contributed by atoms with Crippen LogP contribution in [0.5, 0.6) is 0 Å². The van der Waals surface area contributed by atoms with Gasteiger partial charge in [-0.15, -0.1) is 0 Å². The Morgan fingerprint density at radius 3 is 2.83 bits per heavy atom. The molecular formula is C13H20N4O. The zero-order valence-corrected chi connectivity index (χ0v) is 11.2. The van der Waals surface area contributed by atoms with Crippen LogP contribution in [0.25, 0.3) is 0 Å². The van der Waals surface area contributed by atoms with Crippen LogP contribution in [0.2, 0.25) is 0 Å². The first-order valence-electron chi connectivity index (χ1n) is 6.20. The normalized spacial score (nSPS) is 21.1. The van der Waals surface area contributed by atoms with Crippen molar-refractivity contribution in [2.24, 2.45) is 0 Å². The summed E-state index contributed by atoms with van der Waals surface area (Å²) in [5.41, 5.74) is 7.76. The minimum Gasteiger partial charge on any atom is -0.398 e. The van der Waals surface area contributed by atoms with Crippen LogP contribution in [0.4, 0.5) is 5.69 Å². The average Bonchev–Trinajstić information content (AvgIpc) is 2.28. The van der Waals surface area contributed by atoms with Gasteiger partial charge in [0.2, 0.25) is 0 Å². The van der Waals surface area contributed by atoms with Crippen molar-refractivity contribution in [1.82, 2.24) is 14.8 Å². The van der Waals surface area contributed by atoms with Crippen LogP contribution in [0.3, 0.4) is 0 Å². The number of nitrogen functional groups attached to an aromatic ring is 1. The number of rotatable bonds is 1. The monoisotopic (exact) mass is 248 g/mol. The maximum Gasteiger partial charge on any atom is 0.257 e. The van der Waals surface area contributed by atoms with Crippen LogP contribution in [-0.2, 0) is 0 Å². The van der Waals surface area contributed by atoms with E-state index in [1.54, 1.807) is 12.3 Å². The number of nitrogens with zero attached hydrogens (tertiary/aromatic N) is 3. The van der Waals surface area contributed by atoms with Crippen molar-refractivity contribution in [2.45, 2.75) is 19.9 Å². The molecular weight excluding hydrogens is 228 g/mol. The number of aromatic nitrogens is 1. The van der Waals surface area contributed by atoms with Crippen molar-refractivity contribution in [3.05, 3.63) is 23.5 Å². The van der Waals surface area contributed by atoms with Gasteiger partial charge in [-0.3, -0.25) is 9.78 Å². The molecule has 1 aliphatic rings. The van der Waals surface area contributed by atoms with Crippen LogP contribution in [0, 0.1) is 6.92 Å². The predicted octanol–water partition coefficient (Wildman–Crippen LogP) is 0.748. The number of nitrogens with two attached hydrogens (primary N) is 1. The molecule has 1 amide bonds. The summed E-state index contributed by atoms with van der Waals surface area (Å²) in [6.07, 6.45) is 1.58. The van der Waals surface area contributed by atoms with Gasteiger partial charge in [-0.05, 0) is 27.0 Å². The van der Waals surface area contributed by atoms with E-state index in [0.29, 0.717) is 11.3 Å². The Hall–Kier alpha value is -1.62. The molecule has 1 atom stereocenters. The summed E-state index contributed by atoms with van der Waals surface area (Å²) in [5.74, 6) is -0.0133. The van der Waals surface area contributed by atoms with E-state index in [9.17, 15) is 4.79 Å². The van der Waals surface area contributed by atoms with Crippen molar-refractivity contribution >= 4 is 11.6 Å². The third-order valence-electron chi connectivity index (χ3n) is 3.39. The fraction of sp³-hybridized carbons (Fsp3) is 0.538.